The molecule has 0 aliphatic rings. The molecule has 0 amide bonds. The molecule has 2 rings (SSSR count). The van der Waals surface area contributed by atoms with E-state index in [-0.39, 0.29) is 0 Å². The van der Waals surface area contributed by atoms with Gasteiger partial charge in [-0.2, -0.15) is 0 Å². The summed E-state index contributed by atoms with van der Waals surface area (Å²) in [6.07, 6.45) is 1.90. The van der Waals surface area contributed by atoms with E-state index in [2.05, 4.69) is 11.0 Å². The summed E-state index contributed by atoms with van der Waals surface area (Å²) in [5.74, 6) is -0.866. The Morgan fingerprint density at radius 1 is 1.35 bits per heavy atom. The number of hydrogen-bond donors (Lipinski definition) is 1. The van der Waals surface area contributed by atoms with Crippen molar-refractivity contribution in [1.82, 2.24) is 0 Å². The zero-order valence-electron chi connectivity index (χ0n) is 11.5. The molecule has 1 aromatic carbocycles. The van der Waals surface area contributed by atoms with Gasteiger partial charge in [0.2, 0.25) is 0 Å². The summed E-state index contributed by atoms with van der Waals surface area (Å²) < 4.78 is 0. The summed E-state index contributed by atoms with van der Waals surface area (Å²) in [5.41, 5.74) is 1.19. The third kappa shape index (κ3) is 3.16. The highest BCUT2D eigenvalue weighted by Gasteiger charge is 2.19. The van der Waals surface area contributed by atoms with Crippen LogP contribution < -0.4 is 4.90 Å². The average molecular weight is 307 g/mol. The minimum absolute atomic E-state index is 0.401. The van der Waals surface area contributed by atoms with Gasteiger partial charge >= 0.3 is 5.97 Å². The van der Waals surface area contributed by atoms with Gasteiger partial charge in [-0.25, -0.2) is 4.79 Å². The number of thioether (sulfide) groups is 1. The predicted octanol–water partition coefficient (Wildman–Crippen LogP) is 4.19. The lowest BCUT2D eigenvalue weighted by Crippen LogP contribution is -2.24. The van der Waals surface area contributed by atoms with E-state index < -0.39 is 5.97 Å². The topological polar surface area (TPSA) is 40.5 Å². The SMILES string of the molecule is CCN(Cc1cccs1)c1cccc(SC)c1C(=O)O. The molecule has 2 aromatic rings. The average Bonchev–Trinajstić information content (AvgIpc) is 2.96. The molecule has 0 radical (unpaired) electrons. The van der Waals surface area contributed by atoms with Crippen LogP contribution >= 0.6 is 23.1 Å². The number of anilines is 1. The van der Waals surface area contributed by atoms with Crippen LogP contribution in [-0.2, 0) is 6.54 Å². The number of thiophene rings is 1. The Balaban J connectivity index is 2.41. The first-order valence-corrected chi connectivity index (χ1v) is 8.45. The molecule has 0 aliphatic carbocycles. The largest absolute Gasteiger partial charge is 0.478 e. The fraction of sp³-hybridized carbons (Fsp3) is 0.267. The molecule has 0 aliphatic heterocycles. The van der Waals surface area contributed by atoms with Crippen LogP contribution in [0.3, 0.4) is 0 Å². The number of carbonyl (C=O) groups is 1. The number of hydrogen-bond acceptors (Lipinski definition) is 4. The van der Waals surface area contributed by atoms with Crippen molar-refractivity contribution in [2.24, 2.45) is 0 Å². The van der Waals surface area contributed by atoms with Crippen LogP contribution in [0.5, 0.6) is 0 Å². The van der Waals surface area contributed by atoms with Crippen LogP contribution in [0, 0.1) is 0 Å². The maximum absolute atomic E-state index is 11.6. The second kappa shape index (κ2) is 6.81. The van der Waals surface area contributed by atoms with Gasteiger partial charge in [0.05, 0.1) is 17.8 Å². The quantitative estimate of drug-likeness (QED) is 0.812. The van der Waals surface area contributed by atoms with Gasteiger partial charge in [-0.3, -0.25) is 0 Å². The summed E-state index contributed by atoms with van der Waals surface area (Å²) in [6, 6.07) is 9.76. The monoisotopic (exact) mass is 307 g/mol. The van der Waals surface area contributed by atoms with E-state index in [1.807, 2.05) is 42.8 Å². The summed E-state index contributed by atoms with van der Waals surface area (Å²) in [4.78, 5) is 15.7. The van der Waals surface area contributed by atoms with Gasteiger partial charge in [-0.1, -0.05) is 12.1 Å². The molecule has 0 saturated heterocycles. The van der Waals surface area contributed by atoms with E-state index >= 15 is 0 Å². The Bertz CT molecular complexity index is 582. The van der Waals surface area contributed by atoms with Gasteiger partial charge in [0.25, 0.3) is 0 Å². The molecule has 1 heterocycles. The van der Waals surface area contributed by atoms with Crippen LogP contribution in [0.1, 0.15) is 22.2 Å². The first kappa shape index (κ1) is 14.9. The van der Waals surface area contributed by atoms with Crippen molar-refractivity contribution >= 4 is 34.8 Å². The highest BCUT2D eigenvalue weighted by molar-refractivity contribution is 7.98. The molecular formula is C15H17NO2S2. The van der Waals surface area contributed by atoms with Crippen LogP contribution in [0.15, 0.2) is 40.6 Å². The summed E-state index contributed by atoms with van der Waals surface area (Å²) >= 11 is 3.16. The van der Waals surface area contributed by atoms with Crippen molar-refractivity contribution in [2.45, 2.75) is 18.4 Å². The van der Waals surface area contributed by atoms with Gasteiger partial charge in [0, 0.05) is 16.3 Å². The van der Waals surface area contributed by atoms with Crippen LogP contribution in [-0.4, -0.2) is 23.9 Å². The van der Waals surface area contributed by atoms with Crippen molar-refractivity contribution < 1.29 is 9.90 Å². The molecule has 0 spiro atoms. The van der Waals surface area contributed by atoms with Crippen molar-refractivity contribution in [2.75, 3.05) is 17.7 Å². The Hall–Kier alpha value is -1.46. The maximum Gasteiger partial charge on any atom is 0.338 e. The third-order valence-electron chi connectivity index (χ3n) is 3.09. The minimum atomic E-state index is -0.866. The lowest BCUT2D eigenvalue weighted by Gasteiger charge is -2.25. The van der Waals surface area contributed by atoms with Crippen LogP contribution in [0.25, 0.3) is 0 Å². The molecule has 0 unspecified atom stereocenters. The maximum atomic E-state index is 11.6. The Morgan fingerprint density at radius 3 is 2.70 bits per heavy atom. The molecule has 0 atom stereocenters. The molecule has 5 heteroatoms. The fourth-order valence-electron chi connectivity index (χ4n) is 2.13. The fourth-order valence-corrected chi connectivity index (χ4v) is 3.46. The normalized spacial score (nSPS) is 10.5. The standard InChI is InChI=1S/C15H17NO2S2/c1-3-16(10-11-6-5-9-20-11)12-7-4-8-13(19-2)14(12)15(17)18/h4-9H,3,10H2,1-2H3,(H,17,18). The molecule has 3 nitrogen and oxygen atoms in total. The molecular weight excluding hydrogens is 290 g/mol. The van der Waals surface area contributed by atoms with E-state index in [1.165, 1.54) is 16.6 Å². The van der Waals surface area contributed by atoms with E-state index in [1.54, 1.807) is 11.3 Å². The van der Waals surface area contributed by atoms with Gasteiger partial charge in [-0.05, 0) is 36.8 Å². The molecule has 106 valence electrons. The number of rotatable bonds is 6. The first-order valence-electron chi connectivity index (χ1n) is 6.35. The summed E-state index contributed by atoms with van der Waals surface area (Å²) in [6.45, 7) is 3.56. The number of aromatic carboxylic acids is 1. The van der Waals surface area contributed by atoms with Gasteiger partial charge in [-0.15, -0.1) is 23.1 Å². The third-order valence-corrected chi connectivity index (χ3v) is 4.73. The van der Waals surface area contributed by atoms with E-state index in [0.29, 0.717) is 5.56 Å². The predicted molar refractivity (Wildman–Crippen MR) is 86.2 cm³/mol. The van der Waals surface area contributed by atoms with Gasteiger partial charge < -0.3 is 10.0 Å². The highest BCUT2D eigenvalue weighted by Crippen LogP contribution is 2.31. The summed E-state index contributed by atoms with van der Waals surface area (Å²) in [7, 11) is 0. The van der Waals surface area contributed by atoms with Crippen molar-refractivity contribution in [3.63, 3.8) is 0 Å². The van der Waals surface area contributed by atoms with Crippen LogP contribution in [0.4, 0.5) is 5.69 Å². The molecule has 0 bridgehead atoms. The van der Waals surface area contributed by atoms with Gasteiger partial charge in [0.1, 0.15) is 0 Å². The second-order valence-corrected chi connectivity index (χ2v) is 6.13. The van der Waals surface area contributed by atoms with E-state index in [0.717, 1.165) is 23.7 Å². The zero-order valence-corrected chi connectivity index (χ0v) is 13.1. The lowest BCUT2D eigenvalue weighted by molar-refractivity contribution is 0.0694. The number of benzene rings is 1. The first-order chi connectivity index (χ1) is 9.67. The molecule has 1 aromatic heterocycles. The lowest BCUT2D eigenvalue weighted by atomic mass is 10.1. The van der Waals surface area contributed by atoms with E-state index in [4.69, 9.17) is 0 Å². The number of nitrogens with zero attached hydrogens (tertiary/aromatic N) is 1. The summed E-state index contributed by atoms with van der Waals surface area (Å²) in [5, 5.41) is 11.6. The van der Waals surface area contributed by atoms with Crippen LogP contribution in [0.2, 0.25) is 0 Å². The Kier molecular flexibility index (Phi) is 5.09. The Morgan fingerprint density at radius 2 is 2.15 bits per heavy atom. The highest BCUT2D eigenvalue weighted by atomic mass is 32.2. The Labute approximate surface area is 127 Å². The van der Waals surface area contributed by atoms with Crippen molar-refractivity contribution in [1.29, 1.82) is 0 Å². The van der Waals surface area contributed by atoms with E-state index in [9.17, 15) is 9.90 Å². The minimum Gasteiger partial charge on any atom is -0.478 e. The second-order valence-electron chi connectivity index (χ2n) is 4.25. The molecule has 0 saturated carbocycles. The number of carboxylic acid groups (broad SMARTS) is 1. The molecule has 20 heavy (non-hydrogen) atoms. The van der Waals surface area contributed by atoms with Crippen molar-refractivity contribution in [3.05, 3.63) is 46.2 Å². The zero-order chi connectivity index (χ0) is 14.5. The molecule has 1 N–H and O–H groups in total. The van der Waals surface area contributed by atoms with Crippen molar-refractivity contribution in [3.8, 4) is 0 Å². The van der Waals surface area contributed by atoms with Gasteiger partial charge in [0.15, 0.2) is 0 Å². The smallest absolute Gasteiger partial charge is 0.338 e. The number of carboxylic acids is 1. The molecule has 0 fully saturated rings.